The van der Waals surface area contributed by atoms with Gasteiger partial charge in [-0.25, -0.2) is 14.2 Å². The Morgan fingerprint density at radius 1 is 1.05 bits per heavy atom. The highest BCUT2D eigenvalue weighted by Gasteiger charge is 2.31. The molecule has 206 valence electrons. The third-order valence-electron chi connectivity index (χ3n) is 6.78. The van der Waals surface area contributed by atoms with Gasteiger partial charge in [0.05, 0.1) is 18.5 Å². The second kappa shape index (κ2) is 12.1. The van der Waals surface area contributed by atoms with Crippen molar-refractivity contribution in [2.45, 2.75) is 18.9 Å². The summed E-state index contributed by atoms with van der Waals surface area (Å²) in [6, 6.07) is 20.9. The van der Waals surface area contributed by atoms with Gasteiger partial charge in [-0.1, -0.05) is 37.3 Å². The average molecular weight is 654 g/mol. The van der Waals surface area contributed by atoms with Gasteiger partial charge in [-0.2, -0.15) is 0 Å². The summed E-state index contributed by atoms with van der Waals surface area (Å²) in [7, 11) is 1.60. The topological polar surface area (TPSA) is 105 Å². The van der Waals surface area contributed by atoms with E-state index in [0.717, 1.165) is 9.13 Å². The summed E-state index contributed by atoms with van der Waals surface area (Å²) in [6.45, 7) is 2.83. The first-order chi connectivity index (χ1) is 19.4. The molecule has 2 atom stereocenters. The first-order valence-electron chi connectivity index (χ1n) is 12.7. The molecule has 3 N–H and O–H groups in total. The molecule has 5 aromatic rings. The first-order valence-corrected chi connectivity index (χ1v) is 13.8. The number of imidazole rings is 2. The molecule has 0 aliphatic rings. The number of halogens is 2. The van der Waals surface area contributed by atoms with E-state index < -0.39 is 11.7 Å². The molecule has 0 saturated carbocycles. The molecule has 0 aliphatic carbocycles. The third kappa shape index (κ3) is 5.68. The molecule has 8 nitrogen and oxygen atoms in total. The van der Waals surface area contributed by atoms with Crippen molar-refractivity contribution in [3.8, 4) is 34.1 Å². The Kier molecular flexibility index (Phi) is 8.36. The normalized spacial score (nSPS) is 12.8. The number of nitrogens with one attached hydrogen (secondary N) is 2. The van der Waals surface area contributed by atoms with Crippen LogP contribution in [0, 0.1) is 9.39 Å². The van der Waals surface area contributed by atoms with Crippen LogP contribution in [0.2, 0.25) is 0 Å². The Morgan fingerprint density at radius 3 is 2.50 bits per heavy atom. The van der Waals surface area contributed by atoms with Crippen LogP contribution in [0.4, 0.5) is 4.39 Å². The Morgan fingerprint density at radius 2 is 1.80 bits per heavy atom. The molecule has 2 heterocycles. The smallest absolute Gasteiger partial charge is 0.329 e. The first kappa shape index (κ1) is 27.7. The lowest BCUT2D eigenvalue weighted by molar-refractivity contribution is 0.146. The molecule has 0 spiro atoms. The van der Waals surface area contributed by atoms with E-state index in [1.807, 2.05) is 43.3 Å². The lowest BCUT2D eigenvalue weighted by atomic mass is 9.92. The number of rotatable bonds is 10. The van der Waals surface area contributed by atoms with Crippen molar-refractivity contribution < 1.29 is 19.0 Å². The van der Waals surface area contributed by atoms with Crippen LogP contribution in [0.5, 0.6) is 11.6 Å². The van der Waals surface area contributed by atoms with Gasteiger partial charge >= 0.3 is 5.69 Å². The van der Waals surface area contributed by atoms with Crippen LogP contribution in [0.15, 0.2) is 83.8 Å². The lowest BCUT2D eigenvalue weighted by Gasteiger charge is -2.24. The van der Waals surface area contributed by atoms with Gasteiger partial charge in [0.2, 0.25) is 5.88 Å². The number of nitrogens with zero attached hydrogens (tertiary/aromatic N) is 2. The van der Waals surface area contributed by atoms with Crippen molar-refractivity contribution in [3.63, 3.8) is 0 Å². The number of aromatic amines is 2. The highest BCUT2D eigenvalue weighted by atomic mass is 127. The molecule has 0 aliphatic heterocycles. The van der Waals surface area contributed by atoms with Crippen LogP contribution in [0.1, 0.15) is 30.3 Å². The average Bonchev–Trinajstić information content (AvgIpc) is 3.55. The molecular formula is C30H28FIN4O4. The van der Waals surface area contributed by atoms with E-state index in [2.05, 4.69) is 37.5 Å². The largest absolute Gasteiger partial charge is 0.493 e. The monoisotopic (exact) mass is 654 g/mol. The van der Waals surface area contributed by atoms with Gasteiger partial charge < -0.3 is 24.5 Å². The zero-order valence-electron chi connectivity index (χ0n) is 21.9. The van der Waals surface area contributed by atoms with Crippen LogP contribution in [0.25, 0.3) is 22.5 Å². The van der Waals surface area contributed by atoms with Crippen molar-refractivity contribution in [2.24, 2.45) is 0 Å². The van der Waals surface area contributed by atoms with Gasteiger partial charge in [0, 0.05) is 27.7 Å². The maximum atomic E-state index is 14.8. The molecule has 5 rings (SSSR count). The van der Waals surface area contributed by atoms with Crippen LogP contribution in [-0.4, -0.2) is 44.9 Å². The minimum absolute atomic E-state index is 0.232. The second-order valence-electron chi connectivity index (χ2n) is 9.31. The molecule has 0 unspecified atom stereocenters. The summed E-state index contributed by atoms with van der Waals surface area (Å²) >= 11 is 2.06. The van der Waals surface area contributed by atoms with Gasteiger partial charge in [-0.3, -0.25) is 4.57 Å². The standard InChI is InChI=1S/C30H28FIN4O4/c1-18(19-6-4-3-5-7-19)27(28-33-17-25(34-28)23-13-10-21(32)16-24(23)31)36-29(37)26(35-30(36)38)20-8-11-22(12-9-20)40-15-14-39-2/h3-13,16-18,27,37H,14-15H2,1-2H3,(H,33,34)(H,35,38)/t18-,27-/m0/s1. The summed E-state index contributed by atoms with van der Waals surface area (Å²) in [5.74, 6) is 0.154. The van der Waals surface area contributed by atoms with Gasteiger partial charge in [-0.05, 0) is 70.6 Å². The van der Waals surface area contributed by atoms with E-state index in [9.17, 15) is 14.3 Å². The molecule has 0 bridgehead atoms. The van der Waals surface area contributed by atoms with Crippen molar-refractivity contribution in [1.29, 1.82) is 0 Å². The number of aromatic nitrogens is 4. The fourth-order valence-corrected chi connectivity index (χ4v) is 5.17. The summed E-state index contributed by atoms with van der Waals surface area (Å²) in [5, 5.41) is 11.4. The van der Waals surface area contributed by atoms with Crippen molar-refractivity contribution >= 4 is 22.6 Å². The zero-order chi connectivity index (χ0) is 28.2. The molecule has 0 saturated heterocycles. The summed E-state index contributed by atoms with van der Waals surface area (Å²) in [4.78, 5) is 24.0. The molecule has 0 amide bonds. The highest BCUT2D eigenvalue weighted by molar-refractivity contribution is 14.1. The van der Waals surface area contributed by atoms with E-state index in [1.54, 1.807) is 43.6 Å². The van der Waals surface area contributed by atoms with Crippen LogP contribution in [-0.2, 0) is 4.74 Å². The van der Waals surface area contributed by atoms with Crippen LogP contribution in [0.3, 0.4) is 0 Å². The molecule has 10 heteroatoms. The molecule has 3 aromatic carbocycles. The van der Waals surface area contributed by atoms with E-state index >= 15 is 0 Å². The maximum Gasteiger partial charge on any atom is 0.329 e. The van der Waals surface area contributed by atoms with Gasteiger partial charge in [0.15, 0.2) is 0 Å². The SMILES string of the molecule is COCCOc1ccc(-c2[nH]c(=O)n([C@H](c3ncc(-c4ccc(I)cc4F)[nH]3)[C@@H](C)c3ccccc3)c2O)cc1. The van der Waals surface area contributed by atoms with Crippen molar-refractivity contribution in [3.05, 3.63) is 110 Å². The minimum Gasteiger partial charge on any atom is -0.493 e. The quantitative estimate of drug-likeness (QED) is 0.125. The fraction of sp³-hybridized carbons (Fsp3) is 0.200. The lowest BCUT2D eigenvalue weighted by Crippen LogP contribution is -2.27. The molecule has 0 fully saturated rings. The number of ether oxygens (including phenoxy) is 2. The number of H-pyrrole nitrogens is 2. The third-order valence-corrected chi connectivity index (χ3v) is 7.45. The Balaban J connectivity index is 1.56. The molecule has 0 radical (unpaired) electrons. The van der Waals surface area contributed by atoms with E-state index in [1.165, 1.54) is 10.6 Å². The molecular weight excluding hydrogens is 626 g/mol. The summed E-state index contributed by atoms with van der Waals surface area (Å²) < 4.78 is 27.5. The predicted molar refractivity (Wildman–Crippen MR) is 159 cm³/mol. The number of hydrogen-bond acceptors (Lipinski definition) is 5. The van der Waals surface area contributed by atoms with E-state index in [4.69, 9.17) is 9.47 Å². The van der Waals surface area contributed by atoms with Gasteiger partial charge in [-0.15, -0.1) is 0 Å². The Hall–Kier alpha value is -3.90. The molecule has 2 aromatic heterocycles. The van der Waals surface area contributed by atoms with Gasteiger partial charge in [0.1, 0.15) is 35.7 Å². The van der Waals surface area contributed by atoms with E-state index in [0.29, 0.717) is 41.6 Å². The summed E-state index contributed by atoms with van der Waals surface area (Å²) in [5.41, 5.74) is 2.16. The highest BCUT2D eigenvalue weighted by Crippen LogP contribution is 2.38. The zero-order valence-corrected chi connectivity index (χ0v) is 24.1. The number of hydrogen-bond donors (Lipinski definition) is 3. The van der Waals surface area contributed by atoms with E-state index in [-0.39, 0.29) is 23.3 Å². The second-order valence-corrected chi connectivity index (χ2v) is 10.6. The predicted octanol–water partition coefficient (Wildman–Crippen LogP) is 6.10. The van der Waals surface area contributed by atoms with Crippen molar-refractivity contribution in [1.82, 2.24) is 19.5 Å². The number of methoxy groups -OCH3 is 1. The number of aromatic hydroxyl groups is 1. The summed E-state index contributed by atoms with van der Waals surface area (Å²) in [6.07, 6.45) is 1.54. The van der Waals surface area contributed by atoms with Crippen molar-refractivity contribution in [2.75, 3.05) is 20.3 Å². The Labute approximate surface area is 244 Å². The Bertz CT molecular complexity index is 1650. The van der Waals surface area contributed by atoms with Gasteiger partial charge in [0.25, 0.3) is 0 Å². The number of benzene rings is 3. The van der Waals surface area contributed by atoms with Crippen LogP contribution >= 0.6 is 22.6 Å². The molecule has 40 heavy (non-hydrogen) atoms. The maximum absolute atomic E-state index is 14.8. The fourth-order valence-electron chi connectivity index (χ4n) is 4.71. The minimum atomic E-state index is -0.725. The van der Waals surface area contributed by atoms with Crippen LogP contribution < -0.4 is 10.4 Å².